The maximum Gasteiger partial charge on any atom is 0.241 e. The van der Waals surface area contributed by atoms with Crippen LogP contribution < -0.4 is 20.7 Å². The minimum atomic E-state index is -0.428. The van der Waals surface area contributed by atoms with Crippen LogP contribution in [0.3, 0.4) is 0 Å². The van der Waals surface area contributed by atoms with Gasteiger partial charge in [0, 0.05) is 31.9 Å². The summed E-state index contributed by atoms with van der Waals surface area (Å²) in [5.74, 6) is 0.594. The molecule has 2 heterocycles. The van der Waals surface area contributed by atoms with Crippen molar-refractivity contribution in [2.75, 3.05) is 24.5 Å². The number of carbonyl (C=O) groups is 1. The molecule has 0 spiro atoms. The molecule has 1 fully saturated rings. The molecular formula is C12H19N5O2. The van der Waals surface area contributed by atoms with Gasteiger partial charge >= 0.3 is 0 Å². The van der Waals surface area contributed by atoms with Crippen molar-refractivity contribution in [2.45, 2.75) is 26.0 Å². The predicted molar refractivity (Wildman–Crippen MR) is 71.0 cm³/mol. The minimum absolute atomic E-state index is 0.0395. The van der Waals surface area contributed by atoms with Crippen LogP contribution >= 0.6 is 0 Å². The highest BCUT2D eigenvalue weighted by molar-refractivity contribution is 5.83. The van der Waals surface area contributed by atoms with Gasteiger partial charge in [-0.2, -0.15) is 4.98 Å². The van der Waals surface area contributed by atoms with Crippen LogP contribution in [-0.2, 0) is 4.79 Å². The van der Waals surface area contributed by atoms with Crippen molar-refractivity contribution in [3.8, 4) is 5.88 Å². The van der Waals surface area contributed by atoms with Gasteiger partial charge in [-0.05, 0) is 13.8 Å². The molecule has 1 aliphatic heterocycles. The lowest BCUT2D eigenvalue weighted by Crippen LogP contribution is -2.57. The third-order valence-corrected chi connectivity index (χ3v) is 2.80. The van der Waals surface area contributed by atoms with Crippen LogP contribution in [0.4, 0.5) is 5.95 Å². The number of nitrogens with zero attached hydrogens (tertiary/aromatic N) is 3. The van der Waals surface area contributed by atoms with Gasteiger partial charge in [0.05, 0.1) is 6.10 Å². The molecule has 1 unspecified atom stereocenters. The molecule has 7 nitrogen and oxygen atoms in total. The summed E-state index contributed by atoms with van der Waals surface area (Å²) >= 11 is 0. The number of nitrogens with two attached hydrogens (primary N) is 1. The van der Waals surface area contributed by atoms with Crippen LogP contribution in [0.15, 0.2) is 12.3 Å². The number of piperazine rings is 1. The summed E-state index contributed by atoms with van der Waals surface area (Å²) in [4.78, 5) is 21.8. The number of aromatic nitrogens is 2. The van der Waals surface area contributed by atoms with Gasteiger partial charge in [-0.3, -0.25) is 4.79 Å². The number of anilines is 1. The summed E-state index contributed by atoms with van der Waals surface area (Å²) in [6, 6.07) is 1.27. The highest BCUT2D eigenvalue weighted by Crippen LogP contribution is 2.17. The number of amides is 1. The lowest BCUT2D eigenvalue weighted by molar-refractivity contribution is -0.119. The normalized spacial score (nSPS) is 19.5. The molecule has 0 radical (unpaired) electrons. The Morgan fingerprint density at radius 3 is 3.11 bits per heavy atom. The monoisotopic (exact) mass is 265 g/mol. The lowest BCUT2D eigenvalue weighted by Gasteiger charge is -2.34. The standard InChI is InChI=1S/C12H19N5O2/c1-8(2)19-10-3-4-15-12(16-10)17-6-5-14-7-9(17)11(13)18/h3-4,8-9,14H,5-7H2,1-2H3,(H2,13,18). The molecule has 0 aliphatic carbocycles. The van der Waals surface area contributed by atoms with E-state index in [1.165, 1.54) is 0 Å². The largest absolute Gasteiger partial charge is 0.475 e. The molecule has 3 N–H and O–H groups in total. The van der Waals surface area contributed by atoms with E-state index in [0.717, 1.165) is 6.54 Å². The Hall–Kier alpha value is -1.89. The van der Waals surface area contributed by atoms with Crippen molar-refractivity contribution < 1.29 is 9.53 Å². The molecule has 0 aromatic carbocycles. The fraction of sp³-hybridized carbons (Fsp3) is 0.583. The van der Waals surface area contributed by atoms with E-state index in [1.54, 1.807) is 12.3 Å². The van der Waals surface area contributed by atoms with Crippen LogP contribution in [-0.4, -0.2) is 47.7 Å². The number of rotatable bonds is 4. The summed E-state index contributed by atoms with van der Waals surface area (Å²) in [6.07, 6.45) is 1.66. The smallest absolute Gasteiger partial charge is 0.241 e. The molecule has 19 heavy (non-hydrogen) atoms. The third kappa shape index (κ3) is 3.31. The molecule has 1 aromatic rings. The van der Waals surface area contributed by atoms with Crippen LogP contribution in [0.25, 0.3) is 0 Å². The van der Waals surface area contributed by atoms with E-state index < -0.39 is 6.04 Å². The zero-order valence-corrected chi connectivity index (χ0v) is 11.2. The first-order chi connectivity index (χ1) is 9.08. The lowest BCUT2D eigenvalue weighted by atomic mass is 10.2. The van der Waals surface area contributed by atoms with Crippen LogP contribution in [0.2, 0.25) is 0 Å². The van der Waals surface area contributed by atoms with Crippen LogP contribution in [0.5, 0.6) is 5.88 Å². The average Bonchev–Trinajstić information content (AvgIpc) is 2.38. The van der Waals surface area contributed by atoms with Crippen molar-refractivity contribution in [1.82, 2.24) is 15.3 Å². The first-order valence-electron chi connectivity index (χ1n) is 6.34. The maximum absolute atomic E-state index is 11.5. The molecule has 2 rings (SSSR count). The minimum Gasteiger partial charge on any atom is -0.475 e. The van der Waals surface area contributed by atoms with E-state index in [4.69, 9.17) is 10.5 Å². The molecule has 1 saturated heterocycles. The van der Waals surface area contributed by atoms with Crippen molar-refractivity contribution in [1.29, 1.82) is 0 Å². The van der Waals surface area contributed by atoms with Gasteiger partial charge < -0.3 is 20.7 Å². The molecule has 1 aromatic heterocycles. The van der Waals surface area contributed by atoms with Gasteiger partial charge in [0.1, 0.15) is 6.04 Å². The number of primary amides is 1. The third-order valence-electron chi connectivity index (χ3n) is 2.80. The van der Waals surface area contributed by atoms with Gasteiger partial charge in [-0.25, -0.2) is 4.98 Å². The van der Waals surface area contributed by atoms with Gasteiger partial charge in [0.2, 0.25) is 17.7 Å². The topological polar surface area (TPSA) is 93.4 Å². The SMILES string of the molecule is CC(C)Oc1ccnc(N2CCNCC2C(N)=O)n1. The Morgan fingerprint density at radius 1 is 1.63 bits per heavy atom. The van der Waals surface area contributed by atoms with Crippen LogP contribution in [0, 0.1) is 0 Å². The van der Waals surface area contributed by atoms with E-state index in [0.29, 0.717) is 24.9 Å². The predicted octanol–water partition coefficient (Wildman–Crippen LogP) is -0.473. The van der Waals surface area contributed by atoms with Gasteiger partial charge in [0.15, 0.2) is 0 Å². The molecule has 1 aliphatic rings. The second-order valence-corrected chi connectivity index (χ2v) is 4.68. The Bertz CT molecular complexity index is 452. The number of ether oxygens (including phenoxy) is 1. The van der Waals surface area contributed by atoms with Gasteiger partial charge in [-0.1, -0.05) is 0 Å². The molecule has 0 saturated carbocycles. The van der Waals surface area contributed by atoms with E-state index in [-0.39, 0.29) is 12.0 Å². The molecule has 104 valence electrons. The van der Waals surface area contributed by atoms with Crippen LogP contribution in [0.1, 0.15) is 13.8 Å². The summed E-state index contributed by atoms with van der Waals surface area (Å²) < 4.78 is 5.53. The summed E-state index contributed by atoms with van der Waals surface area (Å²) in [6.45, 7) is 5.77. The molecule has 7 heteroatoms. The molecule has 1 atom stereocenters. The highest BCUT2D eigenvalue weighted by atomic mass is 16.5. The summed E-state index contributed by atoms with van der Waals surface area (Å²) in [5.41, 5.74) is 5.41. The van der Waals surface area contributed by atoms with E-state index >= 15 is 0 Å². The van der Waals surface area contributed by atoms with E-state index in [2.05, 4.69) is 15.3 Å². The second-order valence-electron chi connectivity index (χ2n) is 4.68. The van der Waals surface area contributed by atoms with Crippen molar-refractivity contribution in [3.63, 3.8) is 0 Å². The van der Waals surface area contributed by atoms with Gasteiger partial charge in [-0.15, -0.1) is 0 Å². The summed E-state index contributed by atoms with van der Waals surface area (Å²) in [5, 5.41) is 3.13. The van der Waals surface area contributed by atoms with Crippen molar-refractivity contribution in [2.24, 2.45) is 5.73 Å². The summed E-state index contributed by atoms with van der Waals surface area (Å²) in [7, 11) is 0. The zero-order chi connectivity index (χ0) is 13.8. The van der Waals surface area contributed by atoms with Gasteiger partial charge in [0.25, 0.3) is 0 Å². The fourth-order valence-electron chi connectivity index (χ4n) is 1.98. The van der Waals surface area contributed by atoms with Crippen molar-refractivity contribution in [3.05, 3.63) is 12.3 Å². The average molecular weight is 265 g/mol. The van der Waals surface area contributed by atoms with Crippen molar-refractivity contribution >= 4 is 11.9 Å². The second kappa shape index (κ2) is 5.83. The molecule has 0 bridgehead atoms. The Balaban J connectivity index is 2.21. The Morgan fingerprint density at radius 2 is 2.42 bits per heavy atom. The fourth-order valence-corrected chi connectivity index (χ4v) is 1.98. The first-order valence-corrected chi connectivity index (χ1v) is 6.34. The number of nitrogens with one attached hydrogen (secondary N) is 1. The number of carbonyl (C=O) groups excluding carboxylic acids is 1. The quantitative estimate of drug-likeness (QED) is 0.764. The highest BCUT2D eigenvalue weighted by Gasteiger charge is 2.28. The Kier molecular flexibility index (Phi) is 4.16. The molecular weight excluding hydrogens is 246 g/mol. The number of hydrogen-bond donors (Lipinski definition) is 2. The zero-order valence-electron chi connectivity index (χ0n) is 11.2. The number of hydrogen-bond acceptors (Lipinski definition) is 6. The first kappa shape index (κ1) is 13.5. The Labute approximate surface area is 112 Å². The van der Waals surface area contributed by atoms with E-state index in [9.17, 15) is 4.79 Å². The van der Waals surface area contributed by atoms with E-state index in [1.807, 2.05) is 18.7 Å². The molecule has 1 amide bonds. The maximum atomic E-state index is 11.5.